The van der Waals surface area contributed by atoms with Crippen molar-refractivity contribution in [1.29, 1.82) is 0 Å². The zero-order chi connectivity index (χ0) is 6.41. The standard InChI is InChI=1S/C7H12O/c1-3-4-5-7(2)6-8/h5-6H,3-4H2,1-2H3/b7-5+. The first kappa shape index (κ1) is 7.41. The Bertz CT molecular complexity index is 92.6. The van der Waals surface area contributed by atoms with Gasteiger partial charge in [0.25, 0.3) is 0 Å². The van der Waals surface area contributed by atoms with Crippen LogP contribution in [-0.4, -0.2) is 6.29 Å². The number of unbranched alkanes of at least 4 members (excludes halogenated alkanes) is 1. The maximum absolute atomic E-state index is 9.94. The summed E-state index contributed by atoms with van der Waals surface area (Å²) in [6, 6.07) is 0. The van der Waals surface area contributed by atoms with Gasteiger partial charge < -0.3 is 0 Å². The third kappa shape index (κ3) is 3.59. The van der Waals surface area contributed by atoms with E-state index in [2.05, 4.69) is 6.92 Å². The van der Waals surface area contributed by atoms with E-state index in [4.69, 9.17) is 0 Å². The molecule has 0 rings (SSSR count). The van der Waals surface area contributed by atoms with Gasteiger partial charge in [-0.25, -0.2) is 0 Å². The molecule has 0 N–H and O–H groups in total. The lowest BCUT2D eigenvalue weighted by atomic mass is 10.2. The fraction of sp³-hybridized carbons (Fsp3) is 0.571. The highest BCUT2D eigenvalue weighted by Crippen LogP contribution is 1.93. The number of rotatable bonds is 3. The molecule has 0 aliphatic rings. The van der Waals surface area contributed by atoms with Crippen LogP contribution >= 0.6 is 0 Å². The van der Waals surface area contributed by atoms with Crippen molar-refractivity contribution in [2.75, 3.05) is 0 Å². The van der Waals surface area contributed by atoms with Gasteiger partial charge in [-0.05, 0) is 18.9 Å². The molecule has 1 heteroatoms. The van der Waals surface area contributed by atoms with E-state index >= 15 is 0 Å². The lowest BCUT2D eigenvalue weighted by Crippen LogP contribution is -1.74. The highest BCUT2D eigenvalue weighted by Gasteiger charge is 1.79. The third-order valence-electron chi connectivity index (χ3n) is 0.941. The Morgan fingerprint density at radius 1 is 1.62 bits per heavy atom. The summed E-state index contributed by atoms with van der Waals surface area (Å²) in [5.41, 5.74) is 0.840. The second-order valence-corrected chi connectivity index (χ2v) is 1.85. The van der Waals surface area contributed by atoms with Crippen LogP contribution in [0.15, 0.2) is 11.6 Å². The molecular weight excluding hydrogens is 100 g/mol. The molecule has 0 spiro atoms. The van der Waals surface area contributed by atoms with E-state index in [9.17, 15) is 4.79 Å². The minimum absolute atomic E-state index is 0.840. The number of allylic oxidation sites excluding steroid dienone is 2. The van der Waals surface area contributed by atoms with Crippen molar-refractivity contribution >= 4 is 6.29 Å². The van der Waals surface area contributed by atoms with Crippen LogP contribution < -0.4 is 0 Å². The van der Waals surface area contributed by atoms with Gasteiger partial charge in [0, 0.05) is 0 Å². The lowest BCUT2D eigenvalue weighted by molar-refractivity contribution is -0.104. The highest BCUT2D eigenvalue weighted by molar-refractivity contribution is 5.71. The molecule has 0 aromatic heterocycles. The zero-order valence-electron chi connectivity index (χ0n) is 5.48. The van der Waals surface area contributed by atoms with Crippen LogP contribution in [0.3, 0.4) is 0 Å². The molecule has 0 atom stereocenters. The third-order valence-corrected chi connectivity index (χ3v) is 0.941. The fourth-order valence-electron chi connectivity index (χ4n) is 0.420. The second kappa shape index (κ2) is 4.57. The van der Waals surface area contributed by atoms with E-state index in [1.54, 1.807) is 0 Å². The van der Waals surface area contributed by atoms with Crippen LogP contribution in [0.5, 0.6) is 0 Å². The predicted molar refractivity (Wildman–Crippen MR) is 34.7 cm³/mol. The Morgan fingerprint density at radius 3 is 2.62 bits per heavy atom. The van der Waals surface area contributed by atoms with E-state index in [1.165, 1.54) is 0 Å². The Hall–Kier alpha value is -0.590. The highest BCUT2D eigenvalue weighted by atomic mass is 16.1. The minimum atomic E-state index is 0.840. The molecule has 8 heavy (non-hydrogen) atoms. The van der Waals surface area contributed by atoms with Crippen LogP contribution in [0, 0.1) is 0 Å². The SMILES string of the molecule is CCC/C=C(\C)C=O. The van der Waals surface area contributed by atoms with Gasteiger partial charge in [0.05, 0.1) is 0 Å². The lowest BCUT2D eigenvalue weighted by Gasteiger charge is -1.84. The average molecular weight is 112 g/mol. The number of hydrogen-bond acceptors (Lipinski definition) is 1. The molecule has 0 aliphatic heterocycles. The van der Waals surface area contributed by atoms with Crippen LogP contribution in [0.4, 0.5) is 0 Å². The monoisotopic (exact) mass is 112 g/mol. The van der Waals surface area contributed by atoms with Crippen LogP contribution in [0.25, 0.3) is 0 Å². The molecule has 0 unspecified atom stereocenters. The van der Waals surface area contributed by atoms with E-state index < -0.39 is 0 Å². The molecule has 0 aromatic carbocycles. The van der Waals surface area contributed by atoms with Gasteiger partial charge in [-0.15, -0.1) is 0 Å². The summed E-state index contributed by atoms with van der Waals surface area (Å²) in [7, 11) is 0. The van der Waals surface area contributed by atoms with Gasteiger partial charge in [0.1, 0.15) is 6.29 Å². The molecule has 0 aliphatic carbocycles. The Morgan fingerprint density at radius 2 is 2.25 bits per heavy atom. The summed E-state index contributed by atoms with van der Waals surface area (Å²) < 4.78 is 0. The van der Waals surface area contributed by atoms with Crippen molar-refractivity contribution in [2.45, 2.75) is 26.7 Å². The zero-order valence-corrected chi connectivity index (χ0v) is 5.48. The molecule has 0 fully saturated rings. The first-order chi connectivity index (χ1) is 3.81. The van der Waals surface area contributed by atoms with E-state index in [1.807, 2.05) is 13.0 Å². The van der Waals surface area contributed by atoms with Crippen molar-refractivity contribution in [2.24, 2.45) is 0 Å². The van der Waals surface area contributed by atoms with Gasteiger partial charge in [0.15, 0.2) is 0 Å². The van der Waals surface area contributed by atoms with Gasteiger partial charge in [-0.3, -0.25) is 4.79 Å². The maximum atomic E-state index is 9.94. The largest absolute Gasteiger partial charge is 0.298 e. The topological polar surface area (TPSA) is 17.1 Å². The summed E-state index contributed by atoms with van der Waals surface area (Å²) in [6.07, 6.45) is 4.97. The normalized spacial score (nSPS) is 11.5. The molecule has 46 valence electrons. The molecule has 0 heterocycles. The number of aldehydes is 1. The average Bonchev–Trinajstić information content (AvgIpc) is 1.83. The van der Waals surface area contributed by atoms with Crippen LogP contribution in [-0.2, 0) is 4.79 Å². The van der Waals surface area contributed by atoms with Crippen molar-refractivity contribution in [1.82, 2.24) is 0 Å². The summed E-state index contributed by atoms with van der Waals surface area (Å²) in [5.74, 6) is 0. The molecule has 0 saturated heterocycles. The van der Waals surface area contributed by atoms with Gasteiger partial charge >= 0.3 is 0 Å². The van der Waals surface area contributed by atoms with Crippen molar-refractivity contribution in [3.63, 3.8) is 0 Å². The molecule has 0 amide bonds. The van der Waals surface area contributed by atoms with Gasteiger partial charge in [-0.1, -0.05) is 19.4 Å². The summed E-state index contributed by atoms with van der Waals surface area (Å²) in [5, 5.41) is 0. The van der Waals surface area contributed by atoms with Crippen molar-refractivity contribution < 1.29 is 4.79 Å². The van der Waals surface area contributed by atoms with Crippen molar-refractivity contribution in [3.8, 4) is 0 Å². The van der Waals surface area contributed by atoms with E-state index in [0.29, 0.717) is 0 Å². The minimum Gasteiger partial charge on any atom is -0.298 e. The van der Waals surface area contributed by atoms with Gasteiger partial charge in [0.2, 0.25) is 0 Å². The molecule has 0 bridgehead atoms. The first-order valence-corrected chi connectivity index (χ1v) is 2.93. The Kier molecular flexibility index (Phi) is 4.23. The number of hydrogen-bond donors (Lipinski definition) is 0. The Labute approximate surface area is 50.4 Å². The maximum Gasteiger partial charge on any atom is 0.145 e. The molecular formula is C7H12O. The number of carbonyl (C=O) groups is 1. The quantitative estimate of drug-likeness (QED) is 0.402. The van der Waals surface area contributed by atoms with Gasteiger partial charge in [-0.2, -0.15) is 0 Å². The second-order valence-electron chi connectivity index (χ2n) is 1.85. The molecule has 0 radical (unpaired) electrons. The first-order valence-electron chi connectivity index (χ1n) is 2.93. The van der Waals surface area contributed by atoms with E-state index in [-0.39, 0.29) is 0 Å². The summed E-state index contributed by atoms with van der Waals surface area (Å²) in [6.45, 7) is 3.91. The summed E-state index contributed by atoms with van der Waals surface area (Å²) in [4.78, 5) is 9.94. The molecule has 0 saturated carbocycles. The summed E-state index contributed by atoms with van der Waals surface area (Å²) >= 11 is 0. The van der Waals surface area contributed by atoms with Crippen molar-refractivity contribution in [3.05, 3.63) is 11.6 Å². The predicted octanol–water partition coefficient (Wildman–Crippen LogP) is 1.93. The van der Waals surface area contributed by atoms with Crippen LogP contribution in [0.1, 0.15) is 26.7 Å². The number of carbonyl (C=O) groups excluding carboxylic acids is 1. The fourth-order valence-corrected chi connectivity index (χ4v) is 0.420. The smallest absolute Gasteiger partial charge is 0.145 e. The molecule has 1 nitrogen and oxygen atoms in total. The van der Waals surface area contributed by atoms with E-state index in [0.717, 1.165) is 24.7 Å². The molecule has 0 aromatic rings. The van der Waals surface area contributed by atoms with Crippen LogP contribution in [0.2, 0.25) is 0 Å². The Balaban J connectivity index is 3.40.